The first-order valence-corrected chi connectivity index (χ1v) is 5.78. The molecule has 2 N–H and O–H groups in total. The highest BCUT2D eigenvalue weighted by Gasteiger charge is 2.01. The first kappa shape index (κ1) is 11.7. The Bertz CT molecular complexity index is 384. The van der Waals surface area contributed by atoms with E-state index >= 15 is 0 Å². The molecule has 1 aromatic heterocycles. The number of nitrogen functional groups attached to an aromatic ring is 1. The molecule has 15 heavy (non-hydrogen) atoms. The number of hydrogen-bond acceptors (Lipinski definition) is 4. The second-order valence-corrected chi connectivity index (χ2v) is 3.79. The highest BCUT2D eigenvalue weighted by Crippen LogP contribution is 2.15. The molecule has 3 nitrogen and oxygen atoms in total. The van der Waals surface area contributed by atoms with E-state index in [1.165, 1.54) is 16.9 Å². The summed E-state index contributed by atoms with van der Waals surface area (Å²) < 4.78 is 0. The summed E-state index contributed by atoms with van der Waals surface area (Å²) in [6.45, 7) is 4.00. The fourth-order valence-corrected chi connectivity index (χ4v) is 1.75. The standard InChI is InChI=1S/C9H9N3S.C2H6/c10-9-12-11-8(13-9)6-7-4-2-1-3-5-7;1-2/h1-5H,6H2,(H2,10,12);1-2H3. The van der Waals surface area contributed by atoms with Gasteiger partial charge in [-0.15, -0.1) is 10.2 Å². The molecular weight excluding hydrogens is 206 g/mol. The predicted molar refractivity (Wildman–Crippen MR) is 64.9 cm³/mol. The van der Waals surface area contributed by atoms with Crippen LogP contribution in [0, 0.1) is 0 Å². The Hall–Kier alpha value is -1.42. The van der Waals surface area contributed by atoms with Crippen LogP contribution in [0.15, 0.2) is 30.3 Å². The van der Waals surface area contributed by atoms with Gasteiger partial charge >= 0.3 is 0 Å². The number of nitrogens with zero attached hydrogens (tertiary/aromatic N) is 2. The van der Waals surface area contributed by atoms with Gasteiger partial charge in [-0.05, 0) is 5.56 Å². The van der Waals surface area contributed by atoms with E-state index in [9.17, 15) is 0 Å². The van der Waals surface area contributed by atoms with Crippen LogP contribution in [0.1, 0.15) is 24.4 Å². The minimum absolute atomic E-state index is 0.533. The maximum atomic E-state index is 5.48. The van der Waals surface area contributed by atoms with Crippen molar-refractivity contribution in [3.8, 4) is 0 Å². The van der Waals surface area contributed by atoms with Crippen LogP contribution in [0.25, 0.3) is 0 Å². The third kappa shape index (κ3) is 3.67. The lowest BCUT2D eigenvalue weighted by atomic mass is 10.2. The van der Waals surface area contributed by atoms with Crippen molar-refractivity contribution in [2.75, 3.05) is 5.73 Å². The fraction of sp³-hybridized carbons (Fsp3) is 0.273. The molecular formula is C11H15N3S. The molecule has 0 aliphatic rings. The lowest BCUT2D eigenvalue weighted by Crippen LogP contribution is -1.85. The van der Waals surface area contributed by atoms with Gasteiger partial charge in [-0.2, -0.15) is 0 Å². The van der Waals surface area contributed by atoms with Gasteiger partial charge in [-0.1, -0.05) is 55.5 Å². The Morgan fingerprint density at radius 2 is 1.80 bits per heavy atom. The highest BCUT2D eigenvalue weighted by molar-refractivity contribution is 7.15. The third-order valence-electron chi connectivity index (χ3n) is 1.68. The zero-order valence-corrected chi connectivity index (χ0v) is 9.79. The Labute approximate surface area is 94.0 Å². The lowest BCUT2D eigenvalue weighted by Gasteiger charge is -1.94. The van der Waals surface area contributed by atoms with E-state index < -0.39 is 0 Å². The summed E-state index contributed by atoms with van der Waals surface area (Å²) in [6.07, 6.45) is 0.815. The van der Waals surface area contributed by atoms with Crippen molar-refractivity contribution in [2.45, 2.75) is 20.3 Å². The zero-order valence-electron chi connectivity index (χ0n) is 8.97. The van der Waals surface area contributed by atoms with E-state index in [-0.39, 0.29) is 0 Å². The lowest BCUT2D eigenvalue weighted by molar-refractivity contribution is 1.01. The fourth-order valence-electron chi connectivity index (χ4n) is 1.11. The molecule has 0 spiro atoms. The van der Waals surface area contributed by atoms with Gasteiger partial charge in [0.05, 0.1) is 0 Å². The van der Waals surface area contributed by atoms with E-state index in [0.29, 0.717) is 5.13 Å². The van der Waals surface area contributed by atoms with Gasteiger partial charge in [0, 0.05) is 6.42 Å². The molecule has 0 saturated carbocycles. The minimum Gasteiger partial charge on any atom is -0.374 e. The summed E-state index contributed by atoms with van der Waals surface area (Å²) in [5.74, 6) is 0. The van der Waals surface area contributed by atoms with Crippen LogP contribution in [0.5, 0.6) is 0 Å². The van der Waals surface area contributed by atoms with E-state index in [1.54, 1.807) is 0 Å². The average Bonchev–Trinajstić information content (AvgIpc) is 2.68. The van der Waals surface area contributed by atoms with Gasteiger partial charge in [-0.25, -0.2) is 0 Å². The Kier molecular flexibility index (Phi) is 4.77. The zero-order chi connectivity index (χ0) is 11.1. The van der Waals surface area contributed by atoms with Crippen LogP contribution < -0.4 is 5.73 Å². The first-order valence-electron chi connectivity index (χ1n) is 4.96. The topological polar surface area (TPSA) is 51.8 Å². The summed E-state index contributed by atoms with van der Waals surface area (Å²) in [6, 6.07) is 10.2. The predicted octanol–water partition coefficient (Wildman–Crippen LogP) is 2.74. The van der Waals surface area contributed by atoms with Crippen LogP contribution in [0.2, 0.25) is 0 Å². The number of anilines is 1. The molecule has 0 fully saturated rings. The molecule has 0 aliphatic heterocycles. The van der Waals surface area contributed by atoms with Crippen molar-refractivity contribution >= 4 is 16.5 Å². The number of rotatable bonds is 2. The maximum absolute atomic E-state index is 5.48. The van der Waals surface area contributed by atoms with Gasteiger partial charge in [0.1, 0.15) is 5.01 Å². The average molecular weight is 221 g/mol. The molecule has 2 aromatic rings. The molecule has 0 aliphatic carbocycles. The molecule has 0 atom stereocenters. The largest absolute Gasteiger partial charge is 0.374 e. The van der Waals surface area contributed by atoms with Gasteiger partial charge < -0.3 is 5.73 Å². The second-order valence-electron chi connectivity index (χ2n) is 2.70. The summed E-state index contributed by atoms with van der Waals surface area (Å²) in [5.41, 5.74) is 6.71. The molecule has 0 saturated heterocycles. The van der Waals surface area contributed by atoms with Crippen LogP contribution in [0.4, 0.5) is 5.13 Å². The molecule has 0 radical (unpaired) electrons. The Balaban J connectivity index is 0.000000531. The van der Waals surface area contributed by atoms with Crippen molar-refractivity contribution in [1.82, 2.24) is 10.2 Å². The summed E-state index contributed by atoms with van der Waals surface area (Å²) >= 11 is 1.44. The smallest absolute Gasteiger partial charge is 0.203 e. The van der Waals surface area contributed by atoms with E-state index in [1.807, 2.05) is 32.0 Å². The third-order valence-corrected chi connectivity index (χ3v) is 2.43. The van der Waals surface area contributed by atoms with Crippen molar-refractivity contribution in [3.05, 3.63) is 40.9 Å². The Morgan fingerprint density at radius 1 is 1.13 bits per heavy atom. The molecule has 2 rings (SSSR count). The van der Waals surface area contributed by atoms with E-state index in [2.05, 4.69) is 22.3 Å². The molecule has 4 heteroatoms. The summed E-state index contributed by atoms with van der Waals surface area (Å²) in [5, 5.41) is 9.21. The van der Waals surface area contributed by atoms with Crippen molar-refractivity contribution < 1.29 is 0 Å². The number of nitrogens with two attached hydrogens (primary N) is 1. The van der Waals surface area contributed by atoms with Gasteiger partial charge in [-0.3, -0.25) is 0 Å². The number of aromatic nitrogens is 2. The minimum atomic E-state index is 0.533. The highest BCUT2D eigenvalue weighted by atomic mass is 32.1. The van der Waals surface area contributed by atoms with Gasteiger partial charge in [0.2, 0.25) is 5.13 Å². The SMILES string of the molecule is CC.Nc1nnc(Cc2ccccc2)s1. The maximum Gasteiger partial charge on any atom is 0.203 e. The van der Waals surface area contributed by atoms with Crippen molar-refractivity contribution in [3.63, 3.8) is 0 Å². The van der Waals surface area contributed by atoms with Gasteiger partial charge in [0.15, 0.2) is 0 Å². The van der Waals surface area contributed by atoms with Gasteiger partial charge in [0.25, 0.3) is 0 Å². The van der Waals surface area contributed by atoms with Crippen LogP contribution in [-0.4, -0.2) is 10.2 Å². The summed E-state index contributed by atoms with van der Waals surface area (Å²) in [4.78, 5) is 0. The molecule has 80 valence electrons. The van der Waals surface area contributed by atoms with Crippen molar-refractivity contribution in [1.29, 1.82) is 0 Å². The number of benzene rings is 1. The molecule has 0 amide bonds. The van der Waals surface area contributed by atoms with Crippen molar-refractivity contribution in [2.24, 2.45) is 0 Å². The summed E-state index contributed by atoms with van der Waals surface area (Å²) in [7, 11) is 0. The normalized spacial score (nSPS) is 9.20. The van der Waals surface area contributed by atoms with Crippen LogP contribution in [-0.2, 0) is 6.42 Å². The Morgan fingerprint density at radius 3 is 2.33 bits per heavy atom. The molecule has 0 bridgehead atoms. The quantitative estimate of drug-likeness (QED) is 0.848. The molecule has 1 heterocycles. The molecule has 0 unspecified atom stereocenters. The molecule has 1 aromatic carbocycles. The van der Waals surface area contributed by atoms with Crippen LogP contribution >= 0.6 is 11.3 Å². The number of hydrogen-bond donors (Lipinski definition) is 1. The van der Waals surface area contributed by atoms with E-state index in [4.69, 9.17) is 5.73 Å². The second kappa shape index (κ2) is 6.14. The monoisotopic (exact) mass is 221 g/mol. The van der Waals surface area contributed by atoms with E-state index in [0.717, 1.165) is 11.4 Å². The van der Waals surface area contributed by atoms with Crippen LogP contribution in [0.3, 0.4) is 0 Å². The first-order chi connectivity index (χ1) is 7.34.